The van der Waals surface area contributed by atoms with E-state index in [9.17, 15) is 4.79 Å². The number of benzene rings is 2. The molecule has 3 nitrogen and oxygen atoms in total. The average Bonchev–Trinajstić information content (AvgIpc) is 2.47. The van der Waals surface area contributed by atoms with E-state index in [1.54, 1.807) is 17.8 Å². The Bertz CT molecular complexity index is 680. The maximum atomic E-state index is 11.2. The van der Waals surface area contributed by atoms with Gasteiger partial charge >= 0.3 is 0 Å². The summed E-state index contributed by atoms with van der Waals surface area (Å²) in [5.41, 5.74) is 7.98. The predicted molar refractivity (Wildman–Crippen MR) is 83.7 cm³/mol. The second-order valence-corrected chi connectivity index (χ2v) is 5.72. The van der Waals surface area contributed by atoms with Crippen LogP contribution in [-0.2, 0) is 0 Å². The zero-order valence-corrected chi connectivity index (χ0v) is 11.6. The minimum atomic E-state index is -0.398. The number of nitrogens with one attached hydrogen (secondary N) is 1. The number of anilines is 1. The quantitative estimate of drug-likeness (QED) is 0.888. The van der Waals surface area contributed by atoms with Crippen molar-refractivity contribution in [1.82, 2.24) is 0 Å². The highest BCUT2D eigenvalue weighted by Gasteiger charge is 2.14. The smallest absolute Gasteiger partial charge is 0.248 e. The van der Waals surface area contributed by atoms with Crippen molar-refractivity contribution in [3.8, 4) is 0 Å². The summed E-state index contributed by atoms with van der Waals surface area (Å²) >= 11 is 1.72. The van der Waals surface area contributed by atoms with Crippen LogP contribution in [0.25, 0.3) is 6.08 Å². The number of nitrogens with two attached hydrogens (primary N) is 1. The van der Waals surface area contributed by atoms with Gasteiger partial charge in [-0.1, -0.05) is 42.1 Å². The number of amides is 1. The molecular weight excluding hydrogens is 268 g/mol. The summed E-state index contributed by atoms with van der Waals surface area (Å²) in [6.07, 6.45) is 2.17. The monoisotopic (exact) mass is 282 g/mol. The Hall–Kier alpha value is -2.20. The third kappa shape index (κ3) is 2.70. The van der Waals surface area contributed by atoms with Gasteiger partial charge in [0.1, 0.15) is 0 Å². The molecule has 0 aromatic heterocycles. The first-order valence-electron chi connectivity index (χ1n) is 6.33. The van der Waals surface area contributed by atoms with Gasteiger partial charge < -0.3 is 11.1 Å². The number of carbonyl (C=O) groups excluding carboxylic acids is 1. The van der Waals surface area contributed by atoms with Crippen LogP contribution in [-0.4, -0.2) is 12.5 Å². The number of primary amides is 1. The van der Waals surface area contributed by atoms with Crippen LogP contribution >= 0.6 is 11.8 Å². The van der Waals surface area contributed by atoms with E-state index in [0.29, 0.717) is 5.56 Å². The van der Waals surface area contributed by atoms with Crippen molar-refractivity contribution < 1.29 is 4.79 Å². The Morgan fingerprint density at radius 1 is 1.20 bits per heavy atom. The molecule has 0 bridgehead atoms. The van der Waals surface area contributed by atoms with Crippen molar-refractivity contribution >= 4 is 29.4 Å². The van der Waals surface area contributed by atoms with Crippen LogP contribution in [0.2, 0.25) is 0 Å². The maximum absolute atomic E-state index is 11.2. The van der Waals surface area contributed by atoms with E-state index >= 15 is 0 Å². The molecule has 2 aromatic rings. The lowest BCUT2D eigenvalue weighted by molar-refractivity contribution is 0.100. The van der Waals surface area contributed by atoms with Gasteiger partial charge in [0.2, 0.25) is 5.91 Å². The van der Waals surface area contributed by atoms with Crippen LogP contribution in [0.3, 0.4) is 0 Å². The van der Waals surface area contributed by atoms with Gasteiger partial charge in [0.05, 0.1) is 0 Å². The molecule has 1 amide bonds. The molecule has 2 aromatic carbocycles. The largest absolute Gasteiger partial charge is 0.379 e. The number of rotatable bonds is 2. The van der Waals surface area contributed by atoms with Gasteiger partial charge in [-0.3, -0.25) is 4.79 Å². The molecule has 0 saturated carbocycles. The first-order valence-corrected chi connectivity index (χ1v) is 7.15. The van der Waals surface area contributed by atoms with Crippen LogP contribution in [0.1, 0.15) is 15.9 Å². The third-order valence-corrected chi connectivity index (χ3v) is 4.19. The van der Waals surface area contributed by atoms with Crippen LogP contribution in [0.4, 0.5) is 5.69 Å². The molecule has 20 heavy (non-hydrogen) atoms. The summed E-state index contributed by atoms with van der Waals surface area (Å²) in [5.74, 6) is -0.398. The fourth-order valence-corrected chi connectivity index (χ4v) is 3.08. The van der Waals surface area contributed by atoms with E-state index in [0.717, 1.165) is 17.1 Å². The molecule has 0 unspecified atom stereocenters. The molecule has 0 fully saturated rings. The van der Waals surface area contributed by atoms with E-state index in [1.165, 1.54) is 10.5 Å². The highest BCUT2D eigenvalue weighted by atomic mass is 32.2. The molecule has 0 spiro atoms. The molecule has 4 heteroatoms. The minimum absolute atomic E-state index is 0.398. The van der Waals surface area contributed by atoms with Crippen LogP contribution in [0, 0.1) is 0 Å². The zero-order chi connectivity index (χ0) is 13.9. The van der Waals surface area contributed by atoms with Crippen molar-refractivity contribution in [3.63, 3.8) is 0 Å². The fourth-order valence-electron chi connectivity index (χ4n) is 2.09. The van der Waals surface area contributed by atoms with Crippen LogP contribution < -0.4 is 11.1 Å². The topological polar surface area (TPSA) is 55.1 Å². The van der Waals surface area contributed by atoms with Crippen molar-refractivity contribution in [2.75, 3.05) is 11.9 Å². The molecule has 3 rings (SSSR count). The Morgan fingerprint density at radius 3 is 2.75 bits per heavy atom. The number of thioether (sulfide) groups is 1. The fraction of sp³-hybridized carbons (Fsp3) is 0.0625. The summed E-state index contributed by atoms with van der Waals surface area (Å²) < 4.78 is 0. The molecule has 0 atom stereocenters. The summed E-state index contributed by atoms with van der Waals surface area (Å²) in [6.45, 7) is 0.759. The highest BCUT2D eigenvalue weighted by molar-refractivity contribution is 8.03. The molecule has 0 aliphatic carbocycles. The van der Waals surface area contributed by atoms with E-state index in [4.69, 9.17) is 5.73 Å². The summed E-state index contributed by atoms with van der Waals surface area (Å²) in [4.78, 5) is 13.5. The van der Waals surface area contributed by atoms with E-state index < -0.39 is 5.91 Å². The lowest BCUT2D eigenvalue weighted by atomic mass is 10.2. The Labute approximate surface area is 121 Å². The third-order valence-electron chi connectivity index (χ3n) is 3.09. The molecule has 1 aliphatic heterocycles. The van der Waals surface area contributed by atoms with E-state index in [1.807, 2.05) is 30.3 Å². The predicted octanol–water partition coefficient (Wildman–Crippen LogP) is 3.34. The van der Waals surface area contributed by atoms with Crippen molar-refractivity contribution in [2.24, 2.45) is 5.73 Å². The second-order valence-electron chi connectivity index (χ2n) is 4.55. The zero-order valence-electron chi connectivity index (χ0n) is 10.8. The minimum Gasteiger partial charge on any atom is -0.379 e. The normalized spacial score (nSPS) is 15.5. The molecule has 1 aliphatic rings. The van der Waals surface area contributed by atoms with Crippen molar-refractivity contribution in [3.05, 3.63) is 64.6 Å². The van der Waals surface area contributed by atoms with Crippen molar-refractivity contribution in [2.45, 2.75) is 4.90 Å². The van der Waals surface area contributed by atoms with E-state index in [-0.39, 0.29) is 0 Å². The van der Waals surface area contributed by atoms with Crippen LogP contribution in [0.5, 0.6) is 0 Å². The van der Waals surface area contributed by atoms with Gasteiger partial charge in [0.25, 0.3) is 0 Å². The number of fused-ring (bicyclic) bond motifs is 1. The Balaban J connectivity index is 1.86. The average molecular weight is 282 g/mol. The van der Waals surface area contributed by atoms with Crippen molar-refractivity contribution in [1.29, 1.82) is 0 Å². The van der Waals surface area contributed by atoms with Crippen LogP contribution in [0.15, 0.2) is 58.3 Å². The van der Waals surface area contributed by atoms with Gasteiger partial charge in [-0.25, -0.2) is 0 Å². The summed E-state index contributed by atoms with van der Waals surface area (Å²) in [5, 5.41) is 3.33. The SMILES string of the molecule is NC(=O)c1ccc2c(c1)NCC(=Cc1ccccc1)S2. The summed E-state index contributed by atoms with van der Waals surface area (Å²) in [6, 6.07) is 15.7. The maximum Gasteiger partial charge on any atom is 0.248 e. The molecule has 0 radical (unpaired) electrons. The Kier molecular flexibility index (Phi) is 3.48. The first-order chi connectivity index (χ1) is 9.72. The molecular formula is C16H14N2OS. The molecule has 1 heterocycles. The summed E-state index contributed by atoms with van der Waals surface area (Å²) in [7, 11) is 0. The molecule has 100 valence electrons. The number of hydrogen-bond donors (Lipinski definition) is 2. The van der Waals surface area contributed by atoms with Gasteiger partial charge in [-0.05, 0) is 29.8 Å². The lowest BCUT2D eigenvalue weighted by Gasteiger charge is -2.20. The van der Waals surface area contributed by atoms with Gasteiger partial charge in [-0.2, -0.15) is 0 Å². The highest BCUT2D eigenvalue weighted by Crippen LogP contribution is 2.38. The van der Waals surface area contributed by atoms with E-state index in [2.05, 4.69) is 23.5 Å². The number of carbonyl (C=O) groups is 1. The first kappa shape index (κ1) is 12.8. The second kappa shape index (κ2) is 5.43. The van der Waals surface area contributed by atoms with Gasteiger partial charge in [-0.15, -0.1) is 0 Å². The number of hydrogen-bond acceptors (Lipinski definition) is 3. The standard InChI is InChI=1S/C16H14N2OS/c17-16(19)12-6-7-15-14(9-12)18-10-13(20-15)8-11-4-2-1-3-5-11/h1-9,18H,10H2,(H2,17,19). The van der Waals surface area contributed by atoms with Gasteiger partial charge in [0.15, 0.2) is 0 Å². The Morgan fingerprint density at radius 2 is 2.00 bits per heavy atom. The van der Waals surface area contributed by atoms with Gasteiger partial charge in [0, 0.05) is 27.6 Å². The lowest BCUT2D eigenvalue weighted by Crippen LogP contribution is -2.14. The molecule has 0 saturated heterocycles. The molecule has 3 N–H and O–H groups in total.